The first-order valence-electron chi connectivity index (χ1n) is 6.92. The summed E-state index contributed by atoms with van der Waals surface area (Å²) in [6, 6.07) is 2.34. The molecule has 1 aliphatic rings. The Bertz CT molecular complexity index is 526. The minimum absolute atomic E-state index is 0.0750. The highest BCUT2D eigenvalue weighted by atomic mass is 19.2. The van der Waals surface area contributed by atoms with Crippen molar-refractivity contribution in [2.75, 3.05) is 0 Å². The Labute approximate surface area is 116 Å². The van der Waals surface area contributed by atoms with Crippen molar-refractivity contribution in [1.82, 2.24) is 0 Å². The molecule has 1 saturated carbocycles. The molecular weight excluding hydrogens is 268 g/mol. The van der Waals surface area contributed by atoms with E-state index in [4.69, 9.17) is 0 Å². The van der Waals surface area contributed by atoms with Gasteiger partial charge in [0.05, 0.1) is 5.56 Å². The molecule has 0 saturated heterocycles. The second-order valence-electron chi connectivity index (χ2n) is 5.68. The van der Waals surface area contributed by atoms with Gasteiger partial charge in [0, 0.05) is 5.92 Å². The molecule has 0 nitrogen and oxygen atoms in total. The summed E-state index contributed by atoms with van der Waals surface area (Å²) in [5, 5.41) is 0. The van der Waals surface area contributed by atoms with Crippen LogP contribution in [0.2, 0.25) is 0 Å². The van der Waals surface area contributed by atoms with Crippen LogP contribution >= 0.6 is 0 Å². The molecule has 1 aliphatic carbocycles. The van der Waals surface area contributed by atoms with Crippen LogP contribution in [0.15, 0.2) is 18.0 Å². The number of hydrogen-bond acceptors (Lipinski definition) is 0. The van der Waals surface area contributed by atoms with Gasteiger partial charge in [-0.1, -0.05) is 25.8 Å². The summed E-state index contributed by atoms with van der Waals surface area (Å²) in [7, 11) is 0. The van der Waals surface area contributed by atoms with Crippen molar-refractivity contribution in [3.63, 3.8) is 0 Å². The molecule has 2 rings (SSSR count). The molecular formula is C16H18F4. The summed E-state index contributed by atoms with van der Waals surface area (Å²) >= 11 is 0. The summed E-state index contributed by atoms with van der Waals surface area (Å²) in [6.07, 6.45) is 2.76. The van der Waals surface area contributed by atoms with Gasteiger partial charge in [0.1, 0.15) is 5.83 Å². The van der Waals surface area contributed by atoms with Crippen LogP contribution < -0.4 is 0 Å². The van der Waals surface area contributed by atoms with Crippen LogP contribution in [-0.2, 0) is 0 Å². The van der Waals surface area contributed by atoms with Crippen LogP contribution in [0.25, 0.3) is 5.83 Å². The summed E-state index contributed by atoms with van der Waals surface area (Å²) < 4.78 is 55.3. The predicted octanol–water partition coefficient (Wildman–Crippen LogP) is 5.71. The molecule has 0 amide bonds. The van der Waals surface area contributed by atoms with E-state index in [0.717, 1.165) is 18.9 Å². The van der Waals surface area contributed by atoms with Crippen molar-refractivity contribution in [3.8, 4) is 0 Å². The van der Waals surface area contributed by atoms with Crippen molar-refractivity contribution in [2.45, 2.75) is 39.5 Å². The second-order valence-corrected chi connectivity index (χ2v) is 5.68. The average molecular weight is 286 g/mol. The molecule has 110 valence electrons. The molecule has 1 fully saturated rings. The summed E-state index contributed by atoms with van der Waals surface area (Å²) in [5.41, 5.74) is -0.546. The molecule has 4 heteroatoms. The van der Waals surface area contributed by atoms with Gasteiger partial charge in [0.15, 0.2) is 17.5 Å². The van der Waals surface area contributed by atoms with Crippen LogP contribution in [0.5, 0.6) is 0 Å². The average Bonchev–Trinajstić information content (AvgIpc) is 2.44. The van der Waals surface area contributed by atoms with Gasteiger partial charge >= 0.3 is 0 Å². The third-order valence-electron chi connectivity index (χ3n) is 4.10. The van der Waals surface area contributed by atoms with Crippen LogP contribution in [-0.4, -0.2) is 0 Å². The Hall–Kier alpha value is -1.32. The number of allylic oxidation sites excluding steroid dienone is 1. The maximum Gasteiger partial charge on any atom is 0.169 e. The zero-order chi connectivity index (χ0) is 14.9. The molecule has 0 heterocycles. The third-order valence-corrected chi connectivity index (χ3v) is 4.10. The summed E-state index contributed by atoms with van der Waals surface area (Å²) in [4.78, 5) is 0. The van der Waals surface area contributed by atoms with Gasteiger partial charge in [-0.25, -0.2) is 17.6 Å². The largest absolute Gasteiger partial charge is 0.208 e. The Morgan fingerprint density at radius 3 is 2.20 bits per heavy atom. The van der Waals surface area contributed by atoms with E-state index in [-0.39, 0.29) is 5.56 Å². The number of hydrogen-bond donors (Lipinski definition) is 0. The van der Waals surface area contributed by atoms with E-state index in [1.807, 2.05) is 0 Å². The molecule has 20 heavy (non-hydrogen) atoms. The first-order valence-corrected chi connectivity index (χ1v) is 6.92. The molecule has 0 aliphatic heterocycles. The zero-order valence-electron chi connectivity index (χ0n) is 11.6. The van der Waals surface area contributed by atoms with Gasteiger partial charge in [-0.3, -0.25) is 0 Å². The molecule has 1 aromatic carbocycles. The van der Waals surface area contributed by atoms with Crippen LogP contribution in [0.1, 0.15) is 43.7 Å². The summed E-state index contributed by atoms with van der Waals surface area (Å²) in [5.74, 6) is -4.66. The zero-order valence-corrected chi connectivity index (χ0v) is 11.6. The van der Waals surface area contributed by atoms with E-state index in [1.165, 1.54) is 13.0 Å². The lowest BCUT2D eigenvalue weighted by Gasteiger charge is -2.25. The van der Waals surface area contributed by atoms with Crippen LogP contribution in [0, 0.1) is 30.4 Å². The highest BCUT2D eigenvalue weighted by Crippen LogP contribution is 2.38. The van der Waals surface area contributed by atoms with Crippen molar-refractivity contribution < 1.29 is 17.6 Å². The quantitative estimate of drug-likeness (QED) is 0.611. The Kier molecular flexibility index (Phi) is 4.51. The maximum atomic E-state index is 14.1. The monoisotopic (exact) mass is 286 g/mol. The van der Waals surface area contributed by atoms with Gasteiger partial charge in [-0.05, 0) is 37.3 Å². The Morgan fingerprint density at radius 1 is 1.00 bits per heavy atom. The van der Waals surface area contributed by atoms with Crippen molar-refractivity contribution in [1.29, 1.82) is 0 Å². The van der Waals surface area contributed by atoms with E-state index in [2.05, 4.69) is 6.92 Å². The van der Waals surface area contributed by atoms with E-state index in [9.17, 15) is 17.6 Å². The fraction of sp³-hybridized carbons (Fsp3) is 0.500. The number of rotatable bonds is 2. The molecule has 0 atom stereocenters. The molecule has 0 N–H and O–H groups in total. The molecule has 0 bridgehead atoms. The van der Waals surface area contributed by atoms with Gasteiger partial charge in [0.2, 0.25) is 0 Å². The van der Waals surface area contributed by atoms with Gasteiger partial charge < -0.3 is 0 Å². The first-order chi connectivity index (χ1) is 9.41. The van der Waals surface area contributed by atoms with Crippen LogP contribution in [0.3, 0.4) is 0 Å². The second kappa shape index (κ2) is 5.98. The molecule has 0 spiro atoms. The van der Waals surface area contributed by atoms with Gasteiger partial charge in [-0.2, -0.15) is 0 Å². The number of benzene rings is 1. The molecule has 1 aromatic rings. The maximum absolute atomic E-state index is 14.1. The predicted molar refractivity (Wildman–Crippen MR) is 71.4 cm³/mol. The van der Waals surface area contributed by atoms with Gasteiger partial charge in [-0.15, -0.1) is 0 Å². The van der Waals surface area contributed by atoms with E-state index in [0.29, 0.717) is 18.8 Å². The van der Waals surface area contributed by atoms with Crippen molar-refractivity contribution in [3.05, 3.63) is 40.7 Å². The fourth-order valence-electron chi connectivity index (χ4n) is 2.64. The van der Waals surface area contributed by atoms with E-state index >= 15 is 0 Å². The van der Waals surface area contributed by atoms with E-state index < -0.39 is 34.8 Å². The van der Waals surface area contributed by atoms with E-state index in [1.54, 1.807) is 0 Å². The molecule has 0 aromatic heterocycles. The minimum Gasteiger partial charge on any atom is -0.208 e. The fourth-order valence-corrected chi connectivity index (χ4v) is 2.64. The first kappa shape index (κ1) is 15.1. The minimum atomic E-state index is -1.32. The topological polar surface area (TPSA) is 0 Å². The van der Waals surface area contributed by atoms with Gasteiger partial charge in [0.25, 0.3) is 0 Å². The van der Waals surface area contributed by atoms with Crippen LogP contribution in [0.4, 0.5) is 17.6 Å². The lowest BCUT2D eigenvalue weighted by molar-refractivity contribution is 0.286. The smallest absolute Gasteiger partial charge is 0.169 e. The standard InChI is InChI=1S/C16H18F4/c1-9-3-6-11(7-4-9)14(18)16(20)12-8-5-10(2)13(17)15(12)19/h5,8-9,11H,3-4,6-7H2,1-2H3. The number of aryl methyl sites for hydroxylation is 1. The van der Waals surface area contributed by atoms with Crippen molar-refractivity contribution in [2.24, 2.45) is 11.8 Å². The SMILES string of the molecule is Cc1ccc(C(F)=C(F)C2CCC(C)CC2)c(F)c1F. The normalized spacial score (nSPS) is 24.5. The Morgan fingerprint density at radius 2 is 1.60 bits per heavy atom. The molecule has 0 radical (unpaired) electrons. The third kappa shape index (κ3) is 2.89. The Balaban J connectivity index is 2.31. The summed E-state index contributed by atoms with van der Waals surface area (Å²) in [6.45, 7) is 3.45. The lowest BCUT2D eigenvalue weighted by Crippen LogP contribution is -2.13. The highest BCUT2D eigenvalue weighted by Gasteiger charge is 2.26. The molecule has 0 unspecified atom stereocenters. The lowest BCUT2D eigenvalue weighted by atomic mass is 9.82. The number of halogens is 4. The van der Waals surface area contributed by atoms with Crippen molar-refractivity contribution >= 4 is 5.83 Å². The highest BCUT2D eigenvalue weighted by molar-refractivity contribution is 5.62.